The van der Waals surface area contributed by atoms with Crippen molar-refractivity contribution in [1.82, 2.24) is 15.1 Å². The molecule has 2 heterocycles. The second kappa shape index (κ2) is 12.4. The van der Waals surface area contributed by atoms with Gasteiger partial charge in [0.25, 0.3) is 0 Å². The first kappa shape index (κ1) is 26.3. The number of methoxy groups -OCH3 is 2. The molecule has 1 N–H and O–H groups in total. The molecule has 2 aliphatic rings. The summed E-state index contributed by atoms with van der Waals surface area (Å²) in [5.41, 5.74) is 1.20. The average molecular weight is 565 g/mol. The number of hydrogen-bond acceptors (Lipinski definition) is 6. The largest absolute Gasteiger partial charge is 0.493 e. The van der Waals surface area contributed by atoms with Gasteiger partial charge in [0.15, 0.2) is 17.5 Å². The van der Waals surface area contributed by atoms with E-state index in [2.05, 4.69) is 46.1 Å². The molecular weight excluding hydrogens is 527 g/mol. The van der Waals surface area contributed by atoms with E-state index in [-0.39, 0.29) is 34.8 Å². The fourth-order valence-electron chi connectivity index (χ4n) is 4.12. The summed E-state index contributed by atoms with van der Waals surface area (Å²) in [6.45, 7) is 10.7. The minimum absolute atomic E-state index is 0. The minimum Gasteiger partial charge on any atom is -0.493 e. The van der Waals surface area contributed by atoms with Crippen LogP contribution in [-0.2, 0) is 4.74 Å². The Labute approximate surface area is 208 Å². The first-order chi connectivity index (χ1) is 14.5. The van der Waals surface area contributed by atoms with Crippen LogP contribution in [0, 0.1) is 0 Å². The molecule has 31 heavy (non-hydrogen) atoms. The number of benzene rings is 1. The van der Waals surface area contributed by atoms with Crippen molar-refractivity contribution in [2.75, 3.05) is 73.0 Å². The molecule has 1 aromatic carbocycles. The van der Waals surface area contributed by atoms with Crippen molar-refractivity contribution in [2.45, 2.75) is 24.6 Å². The van der Waals surface area contributed by atoms with Gasteiger partial charge >= 0.3 is 0 Å². The molecule has 0 saturated carbocycles. The summed E-state index contributed by atoms with van der Waals surface area (Å²) in [5, 5.41) is 3.65. The Kier molecular flexibility index (Phi) is 10.5. The van der Waals surface area contributed by atoms with Gasteiger partial charge in [-0.2, -0.15) is 11.8 Å². The average Bonchev–Trinajstić information content (AvgIpc) is 2.76. The quantitative estimate of drug-likeness (QED) is 0.324. The molecule has 2 aliphatic heterocycles. The van der Waals surface area contributed by atoms with E-state index in [0.717, 1.165) is 69.1 Å². The molecule has 0 amide bonds. The van der Waals surface area contributed by atoms with E-state index in [9.17, 15) is 0 Å². The van der Waals surface area contributed by atoms with Crippen LogP contribution in [0.15, 0.2) is 23.2 Å². The highest BCUT2D eigenvalue weighted by atomic mass is 127. The number of rotatable bonds is 6. The summed E-state index contributed by atoms with van der Waals surface area (Å²) >= 11 is 2.03. The lowest BCUT2D eigenvalue weighted by molar-refractivity contribution is 0.0168. The number of nitrogens with zero attached hydrogens (tertiary/aromatic N) is 3. The summed E-state index contributed by atoms with van der Waals surface area (Å²) in [6.07, 6.45) is 0. The maximum Gasteiger partial charge on any atom is 0.193 e. The molecule has 0 spiro atoms. The molecule has 9 heteroatoms. The maximum atomic E-state index is 5.59. The SMILES string of the molecule is CN=C(NCC(c1ccc(OC)c(OC)c1)N1CCOCC1)N1CCSC(C)(C)C1.I. The molecule has 0 aliphatic carbocycles. The minimum atomic E-state index is 0. The highest BCUT2D eigenvalue weighted by Gasteiger charge is 2.30. The number of aliphatic imine (C=N–C) groups is 1. The van der Waals surface area contributed by atoms with Gasteiger partial charge in [0.1, 0.15) is 0 Å². The van der Waals surface area contributed by atoms with Gasteiger partial charge in [-0.1, -0.05) is 6.07 Å². The number of morpholine rings is 1. The highest BCUT2D eigenvalue weighted by Crippen LogP contribution is 2.32. The molecular formula is C22H37IN4O3S. The molecule has 2 saturated heterocycles. The van der Waals surface area contributed by atoms with E-state index < -0.39 is 0 Å². The van der Waals surface area contributed by atoms with Gasteiger partial charge in [-0.3, -0.25) is 9.89 Å². The Hall–Kier alpha value is -0.910. The van der Waals surface area contributed by atoms with Gasteiger partial charge in [0, 0.05) is 50.3 Å². The van der Waals surface area contributed by atoms with E-state index >= 15 is 0 Å². The topological polar surface area (TPSA) is 58.6 Å². The van der Waals surface area contributed by atoms with E-state index in [1.165, 1.54) is 5.56 Å². The number of ether oxygens (including phenoxy) is 3. The van der Waals surface area contributed by atoms with E-state index in [1.807, 2.05) is 24.9 Å². The smallest absolute Gasteiger partial charge is 0.193 e. The standard InChI is InChI=1S/C22H36N4O3S.HI/c1-22(2)16-26(10-13-30-22)21(23-3)24-15-18(25-8-11-29-12-9-25)17-6-7-19(27-4)20(14-17)28-5;/h6-7,14,18H,8-13,15-16H2,1-5H3,(H,23,24);1H. The maximum absolute atomic E-state index is 5.59. The van der Waals surface area contributed by atoms with Crippen LogP contribution in [0.25, 0.3) is 0 Å². The molecule has 7 nitrogen and oxygen atoms in total. The molecule has 1 unspecified atom stereocenters. The summed E-state index contributed by atoms with van der Waals surface area (Å²) in [5.74, 6) is 3.60. The zero-order valence-corrected chi connectivity index (χ0v) is 22.5. The normalized spacial score (nSPS) is 20.5. The number of halogens is 1. The van der Waals surface area contributed by atoms with Crippen LogP contribution >= 0.6 is 35.7 Å². The third kappa shape index (κ3) is 7.03. The lowest BCUT2D eigenvalue weighted by Crippen LogP contribution is -2.52. The van der Waals surface area contributed by atoms with Gasteiger partial charge in [-0.15, -0.1) is 24.0 Å². The lowest BCUT2D eigenvalue weighted by atomic mass is 10.0. The first-order valence-corrected chi connectivity index (χ1v) is 11.6. The third-order valence-corrected chi connectivity index (χ3v) is 6.97. The van der Waals surface area contributed by atoms with Gasteiger partial charge in [0.2, 0.25) is 0 Å². The lowest BCUT2D eigenvalue weighted by Gasteiger charge is -2.40. The highest BCUT2D eigenvalue weighted by molar-refractivity contribution is 14.0. The Morgan fingerprint density at radius 3 is 2.52 bits per heavy atom. The Morgan fingerprint density at radius 2 is 1.90 bits per heavy atom. The molecule has 3 rings (SSSR count). The van der Waals surface area contributed by atoms with Gasteiger partial charge in [-0.05, 0) is 31.5 Å². The van der Waals surface area contributed by atoms with Crippen molar-refractivity contribution in [2.24, 2.45) is 4.99 Å². The van der Waals surface area contributed by atoms with Crippen molar-refractivity contribution in [3.63, 3.8) is 0 Å². The number of thioether (sulfide) groups is 1. The predicted molar refractivity (Wildman–Crippen MR) is 140 cm³/mol. The van der Waals surface area contributed by atoms with Crippen molar-refractivity contribution in [3.8, 4) is 11.5 Å². The van der Waals surface area contributed by atoms with Gasteiger partial charge < -0.3 is 24.4 Å². The molecule has 2 fully saturated rings. The van der Waals surface area contributed by atoms with Crippen LogP contribution in [0.5, 0.6) is 11.5 Å². The second-order valence-corrected chi connectivity index (χ2v) is 10.0. The van der Waals surface area contributed by atoms with Crippen LogP contribution in [0.4, 0.5) is 0 Å². The number of nitrogens with one attached hydrogen (secondary N) is 1. The Bertz CT molecular complexity index is 729. The molecule has 0 bridgehead atoms. The van der Waals surface area contributed by atoms with Crippen molar-refractivity contribution < 1.29 is 14.2 Å². The fraction of sp³-hybridized carbons (Fsp3) is 0.682. The third-order valence-electron chi connectivity index (χ3n) is 5.67. The van der Waals surface area contributed by atoms with Gasteiger partial charge in [0.05, 0.1) is 33.5 Å². The fourth-order valence-corrected chi connectivity index (χ4v) is 5.24. The summed E-state index contributed by atoms with van der Waals surface area (Å²) in [4.78, 5) is 9.43. The molecule has 1 atom stereocenters. The van der Waals surface area contributed by atoms with Crippen molar-refractivity contribution in [3.05, 3.63) is 23.8 Å². The van der Waals surface area contributed by atoms with Gasteiger partial charge in [-0.25, -0.2) is 0 Å². The van der Waals surface area contributed by atoms with Crippen molar-refractivity contribution >= 4 is 41.7 Å². The van der Waals surface area contributed by atoms with E-state index in [0.29, 0.717) is 0 Å². The monoisotopic (exact) mass is 564 g/mol. The number of hydrogen-bond donors (Lipinski definition) is 1. The molecule has 0 radical (unpaired) electrons. The molecule has 176 valence electrons. The molecule has 1 aromatic rings. The Morgan fingerprint density at radius 1 is 1.19 bits per heavy atom. The molecule has 0 aromatic heterocycles. The zero-order chi connectivity index (χ0) is 21.6. The van der Waals surface area contributed by atoms with Crippen LogP contribution in [-0.4, -0.2) is 93.5 Å². The van der Waals surface area contributed by atoms with Crippen LogP contribution in [0.3, 0.4) is 0 Å². The van der Waals surface area contributed by atoms with E-state index in [4.69, 9.17) is 14.2 Å². The summed E-state index contributed by atoms with van der Waals surface area (Å²) in [7, 11) is 5.22. The first-order valence-electron chi connectivity index (χ1n) is 10.6. The predicted octanol–water partition coefficient (Wildman–Crippen LogP) is 3.10. The van der Waals surface area contributed by atoms with Crippen LogP contribution < -0.4 is 14.8 Å². The summed E-state index contributed by atoms with van der Waals surface area (Å²) in [6, 6.07) is 6.40. The zero-order valence-electron chi connectivity index (χ0n) is 19.3. The summed E-state index contributed by atoms with van der Waals surface area (Å²) < 4.78 is 16.8. The second-order valence-electron chi connectivity index (χ2n) is 8.24. The van der Waals surface area contributed by atoms with Crippen molar-refractivity contribution in [1.29, 1.82) is 0 Å². The Balaban J connectivity index is 0.00000341. The van der Waals surface area contributed by atoms with E-state index in [1.54, 1.807) is 14.2 Å². The van der Waals surface area contributed by atoms with Crippen LogP contribution in [0.1, 0.15) is 25.5 Å². The number of guanidine groups is 1. The van der Waals surface area contributed by atoms with Crippen LogP contribution in [0.2, 0.25) is 0 Å².